The van der Waals surface area contributed by atoms with E-state index in [0.29, 0.717) is 6.42 Å². The predicted octanol–water partition coefficient (Wildman–Crippen LogP) is 2.16. The summed E-state index contributed by atoms with van der Waals surface area (Å²) in [5.74, 6) is 0.884. The molecule has 2 saturated heterocycles. The fraction of sp³-hybridized carbons (Fsp3) is 0.632. The first-order chi connectivity index (χ1) is 11.7. The fourth-order valence-corrected chi connectivity index (χ4v) is 3.30. The second kappa shape index (κ2) is 6.65. The first-order valence-corrected chi connectivity index (χ1v) is 9.04. The van der Waals surface area contributed by atoms with Crippen LogP contribution in [0, 0.1) is 0 Å². The summed E-state index contributed by atoms with van der Waals surface area (Å²) < 4.78 is 17.7. The maximum Gasteiger partial charge on any atom is 0.494 e. The average molecular weight is 345 g/mol. The van der Waals surface area contributed by atoms with Crippen molar-refractivity contribution in [1.82, 2.24) is 4.90 Å². The minimum Gasteiger partial charge on any atom is -0.496 e. The van der Waals surface area contributed by atoms with Crippen LogP contribution in [0.1, 0.15) is 46.1 Å². The Kier molecular flexibility index (Phi) is 4.86. The zero-order valence-electron chi connectivity index (χ0n) is 15.9. The highest BCUT2D eigenvalue weighted by Crippen LogP contribution is 2.36. The van der Waals surface area contributed by atoms with Gasteiger partial charge in [0, 0.05) is 18.7 Å². The van der Waals surface area contributed by atoms with Crippen LogP contribution in [-0.4, -0.2) is 49.3 Å². The molecule has 2 aliphatic rings. The number of methoxy groups -OCH3 is 1. The van der Waals surface area contributed by atoms with Crippen molar-refractivity contribution in [1.29, 1.82) is 0 Å². The van der Waals surface area contributed by atoms with Crippen LogP contribution in [-0.2, 0) is 20.5 Å². The normalized spacial score (nSPS) is 21.6. The van der Waals surface area contributed by atoms with E-state index in [1.807, 2.05) is 50.8 Å². The van der Waals surface area contributed by atoms with E-state index in [0.717, 1.165) is 42.7 Å². The van der Waals surface area contributed by atoms with Gasteiger partial charge in [0.05, 0.1) is 24.7 Å². The fourth-order valence-electron chi connectivity index (χ4n) is 3.30. The number of hydrogen-bond donors (Lipinski definition) is 0. The molecule has 6 heteroatoms. The maximum atomic E-state index is 12.5. The number of amides is 1. The van der Waals surface area contributed by atoms with Gasteiger partial charge in [-0.05, 0) is 52.1 Å². The quantitative estimate of drug-likeness (QED) is 0.785. The van der Waals surface area contributed by atoms with Crippen molar-refractivity contribution < 1.29 is 18.8 Å². The predicted molar refractivity (Wildman–Crippen MR) is 98.2 cm³/mol. The first kappa shape index (κ1) is 18.3. The van der Waals surface area contributed by atoms with E-state index in [9.17, 15) is 4.79 Å². The molecule has 0 unspecified atom stereocenters. The molecule has 1 aromatic carbocycles. The molecular formula is C19H28BNO4. The molecule has 25 heavy (non-hydrogen) atoms. The summed E-state index contributed by atoms with van der Waals surface area (Å²) in [6, 6.07) is 5.83. The smallest absolute Gasteiger partial charge is 0.494 e. The molecule has 1 amide bonds. The van der Waals surface area contributed by atoms with E-state index in [2.05, 4.69) is 0 Å². The van der Waals surface area contributed by atoms with Crippen LogP contribution >= 0.6 is 0 Å². The average Bonchev–Trinajstić information content (AvgIpc) is 3.14. The van der Waals surface area contributed by atoms with Crippen molar-refractivity contribution in [2.75, 3.05) is 20.2 Å². The zero-order valence-corrected chi connectivity index (χ0v) is 15.9. The molecule has 0 N–H and O–H groups in total. The van der Waals surface area contributed by atoms with Crippen LogP contribution < -0.4 is 10.2 Å². The number of rotatable bonds is 4. The van der Waals surface area contributed by atoms with Crippen molar-refractivity contribution in [3.05, 3.63) is 23.8 Å². The van der Waals surface area contributed by atoms with E-state index in [1.54, 1.807) is 7.11 Å². The van der Waals surface area contributed by atoms with Gasteiger partial charge in [0.2, 0.25) is 5.91 Å². The Bertz CT molecular complexity index is 637. The Balaban J connectivity index is 1.82. The zero-order chi connectivity index (χ0) is 18.2. The summed E-state index contributed by atoms with van der Waals surface area (Å²) in [6.07, 6.45) is 2.53. The second-order valence-electron chi connectivity index (χ2n) is 7.92. The van der Waals surface area contributed by atoms with Crippen molar-refractivity contribution in [3.8, 4) is 5.75 Å². The Morgan fingerprint density at radius 1 is 1.16 bits per heavy atom. The number of ether oxygens (including phenoxy) is 1. The van der Waals surface area contributed by atoms with Gasteiger partial charge in [-0.15, -0.1) is 0 Å². The molecule has 2 fully saturated rings. The van der Waals surface area contributed by atoms with E-state index >= 15 is 0 Å². The number of hydrogen-bond acceptors (Lipinski definition) is 4. The van der Waals surface area contributed by atoms with Crippen LogP contribution in [0.2, 0.25) is 0 Å². The number of benzene rings is 1. The third kappa shape index (κ3) is 3.56. The summed E-state index contributed by atoms with van der Waals surface area (Å²) >= 11 is 0. The van der Waals surface area contributed by atoms with E-state index < -0.39 is 7.12 Å². The van der Waals surface area contributed by atoms with Crippen LogP contribution in [0.3, 0.4) is 0 Å². The highest BCUT2D eigenvalue weighted by molar-refractivity contribution is 6.62. The summed E-state index contributed by atoms with van der Waals surface area (Å²) in [4.78, 5) is 14.5. The lowest BCUT2D eigenvalue weighted by Crippen LogP contribution is -2.41. The standard InChI is InChI=1S/C19H28BNO4/c1-18(2)19(3,4)25-20(24-18)15-8-9-16(23-5)14(12-15)13-17(22)21-10-6-7-11-21/h8-9,12H,6-7,10-11,13H2,1-5H3. The molecule has 5 nitrogen and oxygen atoms in total. The number of nitrogens with zero attached hydrogens (tertiary/aromatic N) is 1. The molecule has 1 aromatic rings. The summed E-state index contributed by atoms with van der Waals surface area (Å²) in [5, 5.41) is 0. The molecule has 136 valence electrons. The maximum absolute atomic E-state index is 12.5. The van der Waals surface area contributed by atoms with Gasteiger partial charge in [0.15, 0.2) is 0 Å². The summed E-state index contributed by atoms with van der Waals surface area (Å²) in [6.45, 7) is 9.86. The minimum absolute atomic E-state index is 0.155. The van der Waals surface area contributed by atoms with Crippen LogP contribution in [0.5, 0.6) is 5.75 Å². The summed E-state index contributed by atoms with van der Waals surface area (Å²) in [7, 11) is 1.20. The lowest BCUT2D eigenvalue weighted by Gasteiger charge is -2.32. The van der Waals surface area contributed by atoms with Gasteiger partial charge >= 0.3 is 7.12 Å². The van der Waals surface area contributed by atoms with Gasteiger partial charge in [0.1, 0.15) is 5.75 Å². The van der Waals surface area contributed by atoms with E-state index in [-0.39, 0.29) is 17.1 Å². The van der Waals surface area contributed by atoms with E-state index in [4.69, 9.17) is 14.0 Å². The largest absolute Gasteiger partial charge is 0.496 e. The molecule has 0 atom stereocenters. The summed E-state index contributed by atoms with van der Waals surface area (Å²) in [5.41, 5.74) is 1.03. The Morgan fingerprint density at radius 2 is 1.76 bits per heavy atom. The molecule has 0 bridgehead atoms. The minimum atomic E-state index is -0.434. The van der Waals surface area contributed by atoms with Crippen molar-refractivity contribution in [2.45, 2.75) is 58.2 Å². The topological polar surface area (TPSA) is 48.0 Å². The Labute approximate surface area is 150 Å². The molecule has 0 aromatic heterocycles. The molecule has 0 radical (unpaired) electrons. The van der Waals surface area contributed by atoms with Gasteiger partial charge < -0.3 is 18.9 Å². The highest BCUT2D eigenvalue weighted by atomic mass is 16.7. The van der Waals surface area contributed by atoms with Crippen molar-refractivity contribution in [2.24, 2.45) is 0 Å². The molecular weight excluding hydrogens is 317 g/mol. The number of carbonyl (C=O) groups is 1. The van der Waals surface area contributed by atoms with Gasteiger partial charge in [-0.2, -0.15) is 0 Å². The molecule has 0 spiro atoms. The lowest BCUT2D eigenvalue weighted by atomic mass is 9.78. The van der Waals surface area contributed by atoms with Gasteiger partial charge in [0.25, 0.3) is 0 Å². The number of likely N-dealkylation sites (tertiary alicyclic amines) is 1. The molecule has 2 aliphatic heterocycles. The molecule has 0 saturated carbocycles. The SMILES string of the molecule is COc1ccc(B2OC(C)(C)C(C)(C)O2)cc1CC(=O)N1CCCC1. The van der Waals surface area contributed by atoms with Crippen LogP contribution in [0.25, 0.3) is 0 Å². The number of carbonyl (C=O) groups excluding carboxylic acids is 1. The second-order valence-corrected chi connectivity index (χ2v) is 7.92. The van der Waals surface area contributed by atoms with Crippen LogP contribution in [0.4, 0.5) is 0 Å². The highest BCUT2D eigenvalue weighted by Gasteiger charge is 2.51. The van der Waals surface area contributed by atoms with Gasteiger partial charge in [-0.3, -0.25) is 4.79 Å². The Hall–Kier alpha value is -1.53. The third-order valence-corrected chi connectivity index (χ3v) is 5.63. The van der Waals surface area contributed by atoms with Gasteiger partial charge in [-0.1, -0.05) is 12.1 Å². The first-order valence-electron chi connectivity index (χ1n) is 9.04. The van der Waals surface area contributed by atoms with Crippen LogP contribution in [0.15, 0.2) is 18.2 Å². The van der Waals surface area contributed by atoms with Crippen molar-refractivity contribution >= 4 is 18.5 Å². The monoisotopic (exact) mass is 345 g/mol. The third-order valence-electron chi connectivity index (χ3n) is 5.63. The lowest BCUT2D eigenvalue weighted by molar-refractivity contribution is -0.129. The van der Waals surface area contributed by atoms with E-state index in [1.165, 1.54) is 0 Å². The van der Waals surface area contributed by atoms with Crippen molar-refractivity contribution in [3.63, 3.8) is 0 Å². The molecule has 2 heterocycles. The Morgan fingerprint density at radius 3 is 2.32 bits per heavy atom. The molecule has 0 aliphatic carbocycles. The molecule has 3 rings (SSSR count). The van der Waals surface area contributed by atoms with Gasteiger partial charge in [-0.25, -0.2) is 0 Å².